The molecule has 2 heteroatoms. The van der Waals surface area contributed by atoms with Crippen LogP contribution in [-0.4, -0.2) is 24.5 Å². The number of nitrogens with zero attached hydrogens (tertiary/aromatic N) is 1. The molecule has 0 radical (unpaired) electrons. The topological polar surface area (TPSA) is 3.24 Å². The van der Waals surface area contributed by atoms with E-state index in [4.69, 9.17) is 0 Å². The van der Waals surface area contributed by atoms with Gasteiger partial charge in [0.1, 0.15) is 0 Å². The van der Waals surface area contributed by atoms with Crippen molar-refractivity contribution in [1.82, 2.24) is 4.90 Å². The molecule has 1 aromatic carbocycles. The third-order valence-electron chi connectivity index (χ3n) is 2.74. The summed E-state index contributed by atoms with van der Waals surface area (Å²) in [6.45, 7) is 10.1. The highest BCUT2D eigenvalue weighted by Gasteiger charge is 2.04. The summed E-state index contributed by atoms with van der Waals surface area (Å²) in [7, 11) is 0. The number of rotatable bonds is 3. The quantitative estimate of drug-likeness (QED) is 0.778. The van der Waals surface area contributed by atoms with Crippen LogP contribution in [0.4, 0.5) is 0 Å². The van der Waals surface area contributed by atoms with Gasteiger partial charge in [0.2, 0.25) is 0 Å². The SMILES string of the molecule is CCN(CC)CC.Cl.c1cc2cc(c1)C2. The predicted molar refractivity (Wildman–Crippen MR) is 70.0 cm³/mol. The molecular weight excluding hydrogens is 206 g/mol. The van der Waals surface area contributed by atoms with E-state index in [1.807, 2.05) is 0 Å². The average molecular weight is 228 g/mol. The lowest BCUT2D eigenvalue weighted by Gasteiger charge is -2.13. The zero-order chi connectivity index (χ0) is 10.4. The molecule has 15 heavy (non-hydrogen) atoms. The second kappa shape index (κ2) is 7.72. The molecule has 0 aromatic heterocycles. The fourth-order valence-corrected chi connectivity index (χ4v) is 1.63. The van der Waals surface area contributed by atoms with Gasteiger partial charge >= 0.3 is 0 Å². The van der Waals surface area contributed by atoms with Gasteiger partial charge in [0.15, 0.2) is 0 Å². The largest absolute Gasteiger partial charge is 0.304 e. The minimum absolute atomic E-state index is 0. The van der Waals surface area contributed by atoms with Crippen LogP contribution in [0.5, 0.6) is 0 Å². The van der Waals surface area contributed by atoms with E-state index in [1.165, 1.54) is 37.2 Å². The summed E-state index contributed by atoms with van der Waals surface area (Å²) in [5, 5.41) is 0. The van der Waals surface area contributed by atoms with Crippen LogP contribution in [-0.2, 0) is 6.42 Å². The van der Waals surface area contributed by atoms with E-state index in [9.17, 15) is 0 Å². The smallest absolute Gasteiger partial charge is 0.00256 e. The Kier molecular flexibility index (Phi) is 7.45. The molecule has 0 fully saturated rings. The van der Waals surface area contributed by atoms with Gasteiger partial charge in [-0.05, 0) is 37.2 Å². The van der Waals surface area contributed by atoms with E-state index in [1.54, 1.807) is 0 Å². The Morgan fingerprint density at radius 1 is 1.00 bits per heavy atom. The molecule has 0 spiro atoms. The Morgan fingerprint density at radius 2 is 1.40 bits per heavy atom. The fraction of sp³-hybridized carbons (Fsp3) is 0.538. The molecule has 2 aliphatic carbocycles. The van der Waals surface area contributed by atoms with Crippen molar-refractivity contribution < 1.29 is 0 Å². The molecule has 0 saturated carbocycles. The molecule has 1 aromatic rings. The molecule has 1 nitrogen and oxygen atoms in total. The zero-order valence-corrected chi connectivity index (χ0v) is 10.8. The van der Waals surface area contributed by atoms with E-state index >= 15 is 0 Å². The second-order valence-corrected chi connectivity index (χ2v) is 3.62. The average Bonchev–Trinajstić information content (AvgIpc) is 2.22. The molecular formula is C13H22ClN. The number of fused-ring (bicyclic) bond motifs is 2. The number of halogens is 1. The van der Waals surface area contributed by atoms with Gasteiger partial charge < -0.3 is 4.90 Å². The maximum atomic E-state index is 2.38. The summed E-state index contributed by atoms with van der Waals surface area (Å²) in [5.41, 5.74) is 2.97. The molecule has 0 saturated heterocycles. The van der Waals surface area contributed by atoms with E-state index in [2.05, 4.69) is 49.9 Å². The summed E-state index contributed by atoms with van der Waals surface area (Å²) < 4.78 is 0. The summed E-state index contributed by atoms with van der Waals surface area (Å²) in [4.78, 5) is 2.38. The van der Waals surface area contributed by atoms with Crippen molar-refractivity contribution in [2.45, 2.75) is 27.2 Å². The van der Waals surface area contributed by atoms with Gasteiger partial charge in [-0.2, -0.15) is 0 Å². The summed E-state index contributed by atoms with van der Waals surface area (Å²) in [6.07, 6.45) is 1.22. The minimum Gasteiger partial charge on any atom is -0.304 e. The molecule has 0 aliphatic heterocycles. The highest BCUT2D eigenvalue weighted by atomic mass is 35.5. The Hall–Kier alpha value is -0.530. The summed E-state index contributed by atoms with van der Waals surface area (Å²) in [5.74, 6) is 0. The van der Waals surface area contributed by atoms with Gasteiger partial charge in [-0.15, -0.1) is 12.4 Å². The normalized spacial score (nSPS) is 10.9. The van der Waals surface area contributed by atoms with Gasteiger partial charge in [0.05, 0.1) is 0 Å². The fourth-order valence-electron chi connectivity index (χ4n) is 1.63. The van der Waals surface area contributed by atoms with E-state index < -0.39 is 0 Å². The third-order valence-corrected chi connectivity index (χ3v) is 2.74. The number of hydrogen-bond acceptors (Lipinski definition) is 1. The van der Waals surface area contributed by atoms with Gasteiger partial charge in [0.25, 0.3) is 0 Å². The molecule has 2 aliphatic rings. The van der Waals surface area contributed by atoms with Crippen molar-refractivity contribution >= 4 is 12.4 Å². The van der Waals surface area contributed by atoms with E-state index in [-0.39, 0.29) is 12.4 Å². The minimum atomic E-state index is 0. The standard InChI is InChI=1S/C7H6.C6H15N.ClH/c1-2-6-4-7(3-1)5-6;1-4-7(5-2)6-3;/h1-4H,5H2;4-6H2,1-3H3;1H. The first-order valence-corrected chi connectivity index (χ1v) is 5.60. The Balaban J connectivity index is 0.000000245. The van der Waals surface area contributed by atoms with Crippen molar-refractivity contribution in [3.63, 3.8) is 0 Å². The van der Waals surface area contributed by atoms with Crippen molar-refractivity contribution in [1.29, 1.82) is 0 Å². The summed E-state index contributed by atoms with van der Waals surface area (Å²) in [6, 6.07) is 8.65. The van der Waals surface area contributed by atoms with Crippen LogP contribution in [0.1, 0.15) is 31.9 Å². The third kappa shape index (κ3) is 4.67. The highest BCUT2D eigenvalue weighted by Crippen LogP contribution is 2.18. The zero-order valence-electron chi connectivity index (χ0n) is 9.99. The predicted octanol–water partition coefficient (Wildman–Crippen LogP) is 3.36. The molecule has 0 unspecified atom stereocenters. The highest BCUT2D eigenvalue weighted by molar-refractivity contribution is 5.85. The van der Waals surface area contributed by atoms with Crippen molar-refractivity contribution in [3.8, 4) is 0 Å². The van der Waals surface area contributed by atoms with Crippen LogP contribution in [0.2, 0.25) is 0 Å². The lowest BCUT2D eigenvalue weighted by atomic mass is 9.94. The molecule has 3 rings (SSSR count). The van der Waals surface area contributed by atoms with Crippen LogP contribution < -0.4 is 0 Å². The molecule has 2 bridgehead atoms. The van der Waals surface area contributed by atoms with Crippen LogP contribution in [0, 0.1) is 0 Å². The number of benzene rings is 1. The van der Waals surface area contributed by atoms with Gasteiger partial charge in [-0.3, -0.25) is 0 Å². The Labute approximate surface area is 99.9 Å². The molecule has 0 amide bonds. The van der Waals surface area contributed by atoms with Crippen LogP contribution >= 0.6 is 12.4 Å². The first kappa shape index (κ1) is 14.5. The lowest BCUT2D eigenvalue weighted by Crippen LogP contribution is -2.21. The van der Waals surface area contributed by atoms with Crippen LogP contribution in [0.3, 0.4) is 0 Å². The van der Waals surface area contributed by atoms with Crippen molar-refractivity contribution in [3.05, 3.63) is 35.4 Å². The van der Waals surface area contributed by atoms with Crippen LogP contribution in [0.15, 0.2) is 24.3 Å². The Bertz CT molecular complexity index is 239. The maximum Gasteiger partial charge on any atom is -0.00256 e. The maximum absolute atomic E-state index is 2.38. The van der Waals surface area contributed by atoms with Gasteiger partial charge in [0, 0.05) is 0 Å². The molecule has 0 atom stereocenters. The molecule has 86 valence electrons. The van der Waals surface area contributed by atoms with Gasteiger partial charge in [-0.25, -0.2) is 0 Å². The Morgan fingerprint density at radius 3 is 1.47 bits per heavy atom. The van der Waals surface area contributed by atoms with Crippen molar-refractivity contribution in [2.75, 3.05) is 19.6 Å². The molecule has 0 heterocycles. The van der Waals surface area contributed by atoms with Gasteiger partial charge in [-0.1, -0.05) is 45.0 Å². The van der Waals surface area contributed by atoms with E-state index in [0.717, 1.165) is 0 Å². The summed E-state index contributed by atoms with van der Waals surface area (Å²) >= 11 is 0. The van der Waals surface area contributed by atoms with Crippen molar-refractivity contribution in [2.24, 2.45) is 0 Å². The van der Waals surface area contributed by atoms with E-state index in [0.29, 0.717) is 0 Å². The number of hydrogen-bond donors (Lipinski definition) is 0. The first-order chi connectivity index (χ1) is 6.80. The first-order valence-electron chi connectivity index (χ1n) is 5.60. The second-order valence-electron chi connectivity index (χ2n) is 3.62. The van der Waals surface area contributed by atoms with Crippen LogP contribution in [0.25, 0.3) is 0 Å². The lowest BCUT2D eigenvalue weighted by molar-refractivity contribution is 0.321. The monoisotopic (exact) mass is 227 g/mol. The molecule has 0 N–H and O–H groups in total.